The number of rotatable bonds is 3. The number of hydrogen-bond donors (Lipinski definition) is 2. The van der Waals surface area contributed by atoms with Crippen LogP contribution < -0.4 is 5.32 Å². The summed E-state index contributed by atoms with van der Waals surface area (Å²) in [4.78, 5) is 22.6. The van der Waals surface area contributed by atoms with E-state index >= 15 is 0 Å². The lowest BCUT2D eigenvalue weighted by atomic mass is 9.84. The van der Waals surface area contributed by atoms with E-state index in [4.69, 9.17) is 0 Å². The first kappa shape index (κ1) is 13.5. The largest absolute Gasteiger partial charge is 0.391 e. The molecule has 2 fully saturated rings. The molecule has 3 rings (SSSR count). The zero-order valence-electron chi connectivity index (χ0n) is 11.8. The van der Waals surface area contributed by atoms with Crippen LogP contribution in [0.25, 0.3) is 0 Å². The van der Waals surface area contributed by atoms with Crippen LogP contribution in [-0.2, 0) is 4.79 Å². The first-order chi connectivity index (χ1) is 9.53. The standard InChI is InChI=1S/C14H20N4O2/c1-9-4-5-14(17-9)8-18(13(14)20)11(10(2)19)12-15-6-3-7-16-12/h3,6-7,9-11,17,19H,4-5,8H2,1-2H3/t9?,10-,11+,14?/m1/s1. The quantitative estimate of drug-likeness (QED) is 0.774. The summed E-state index contributed by atoms with van der Waals surface area (Å²) in [6, 6.07) is 1.63. The van der Waals surface area contributed by atoms with Crippen molar-refractivity contribution in [2.24, 2.45) is 0 Å². The van der Waals surface area contributed by atoms with Gasteiger partial charge in [-0.2, -0.15) is 0 Å². The van der Waals surface area contributed by atoms with Crippen LogP contribution in [0.15, 0.2) is 18.5 Å². The second kappa shape index (κ2) is 4.79. The van der Waals surface area contributed by atoms with Crippen LogP contribution in [0, 0.1) is 0 Å². The minimum atomic E-state index is -0.697. The van der Waals surface area contributed by atoms with Crippen molar-refractivity contribution in [1.29, 1.82) is 0 Å². The molecular formula is C14H20N4O2. The number of nitrogens with one attached hydrogen (secondary N) is 1. The zero-order chi connectivity index (χ0) is 14.3. The predicted molar refractivity (Wildman–Crippen MR) is 72.7 cm³/mol. The number of carbonyl (C=O) groups excluding carboxylic acids is 1. The summed E-state index contributed by atoms with van der Waals surface area (Å²) in [5, 5.41) is 13.4. The van der Waals surface area contributed by atoms with Crippen molar-refractivity contribution in [2.45, 2.75) is 50.4 Å². The van der Waals surface area contributed by atoms with E-state index in [2.05, 4.69) is 22.2 Å². The predicted octanol–water partition coefficient (Wildman–Crippen LogP) is 0.251. The average Bonchev–Trinajstić information content (AvgIpc) is 2.83. The molecule has 2 aliphatic rings. The number of β-lactam (4-membered cyclic amide) rings is 1. The van der Waals surface area contributed by atoms with Crippen LogP contribution in [0.4, 0.5) is 0 Å². The van der Waals surface area contributed by atoms with Gasteiger partial charge in [0.2, 0.25) is 5.91 Å². The van der Waals surface area contributed by atoms with Gasteiger partial charge in [-0.25, -0.2) is 9.97 Å². The third-order valence-corrected chi connectivity index (χ3v) is 4.28. The highest BCUT2D eigenvalue weighted by atomic mass is 16.3. The summed E-state index contributed by atoms with van der Waals surface area (Å²) in [5.74, 6) is 0.553. The van der Waals surface area contributed by atoms with Gasteiger partial charge in [-0.15, -0.1) is 0 Å². The summed E-state index contributed by atoms with van der Waals surface area (Å²) < 4.78 is 0. The minimum Gasteiger partial charge on any atom is -0.391 e. The Morgan fingerprint density at radius 2 is 2.20 bits per heavy atom. The van der Waals surface area contributed by atoms with Crippen molar-refractivity contribution < 1.29 is 9.90 Å². The Bertz CT molecular complexity index is 507. The fourth-order valence-electron chi connectivity index (χ4n) is 3.29. The molecule has 0 bridgehead atoms. The van der Waals surface area contributed by atoms with E-state index in [1.54, 1.807) is 30.3 Å². The van der Waals surface area contributed by atoms with Crippen molar-refractivity contribution in [3.63, 3.8) is 0 Å². The van der Waals surface area contributed by atoms with Crippen molar-refractivity contribution >= 4 is 5.91 Å². The van der Waals surface area contributed by atoms with E-state index in [0.717, 1.165) is 12.8 Å². The Morgan fingerprint density at radius 1 is 1.50 bits per heavy atom. The van der Waals surface area contributed by atoms with Gasteiger partial charge in [0.1, 0.15) is 11.6 Å². The number of likely N-dealkylation sites (tertiary alicyclic amines) is 1. The lowest BCUT2D eigenvalue weighted by Crippen LogP contribution is -2.73. The fourth-order valence-corrected chi connectivity index (χ4v) is 3.29. The normalized spacial score (nSPS) is 32.2. The Hall–Kier alpha value is -1.53. The fraction of sp³-hybridized carbons (Fsp3) is 0.643. The molecule has 0 radical (unpaired) electrons. The van der Waals surface area contributed by atoms with E-state index in [1.807, 2.05) is 0 Å². The molecule has 1 aromatic heterocycles. The van der Waals surface area contributed by atoms with Crippen molar-refractivity contribution in [3.8, 4) is 0 Å². The maximum Gasteiger partial charge on any atom is 0.245 e. The van der Waals surface area contributed by atoms with Gasteiger partial charge >= 0.3 is 0 Å². The topological polar surface area (TPSA) is 78.3 Å². The van der Waals surface area contributed by atoms with Crippen molar-refractivity contribution in [1.82, 2.24) is 20.2 Å². The van der Waals surface area contributed by atoms with Gasteiger partial charge in [0.25, 0.3) is 0 Å². The third kappa shape index (κ3) is 1.99. The highest BCUT2D eigenvalue weighted by molar-refractivity contribution is 5.93. The second-order valence-corrected chi connectivity index (χ2v) is 5.89. The van der Waals surface area contributed by atoms with Gasteiger partial charge in [-0.1, -0.05) is 0 Å². The molecule has 6 heteroatoms. The molecule has 0 aliphatic carbocycles. The van der Waals surface area contributed by atoms with E-state index in [0.29, 0.717) is 18.4 Å². The van der Waals surface area contributed by atoms with Gasteiger partial charge in [0.15, 0.2) is 5.82 Å². The molecule has 1 spiro atoms. The molecule has 2 aliphatic heterocycles. The van der Waals surface area contributed by atoms with E-state index in [9.17, 15) is 9.90 Å². The van der Waals surface area contributed by atoms with Gasteiger partial charge in [-0.05, 0) is 32.8 Å². The molecule has 6 nitrogen and oxygen atoms in total. The van der Waals surface area contributed by atoms with Crippen LogP contribution in [0.5, 0.6) is 0 Å². The number of nitrogens with zero attached hydrogens (tertiary/aromatic N) is 3. The third-order valence-electron chi connectivity index (χ3n) is 4.28. The lowest BCUT2D eigenvalue weighted by Gasteiger charge is -2.50. The van der Waals surface area contributed by atoms with Crippen molar-refractivity contribution in [2.75, 3.05) is 6.54 Å². The highest BCUT2D eigenvalue weighted by Crippen LogP contribution is 2.39. The molecule has 1 aromatic rings. The SMILES string of the molecule is CC1CCC2(CN([C@H](c3ncccn3)[C@@H](C)O)C2=O)N1. The first-order valence-electron chi connectivity index (χ1n) is 7.07. The minimum absolute atomic E-state index is 0.0557. The van der Waals surface area contributed by atoms with E-state index in [-0.39, 0.29) is 5.91 Å². The Morgan fingerprint density at radius 3 is 2.70 bits per heavy atom. The molecule has 0 aromatic carbocycles. The number of aliphatic hydroxyl groups is 1. The van der Waals surface area contributed by atoms with E-state index < -0.39 is 17.7 Å². The van der Waals surface area contributed by atoms with Gasteiger partial charge < -0.3 is 10.0 Å². The molecule has 0 saturated carbocycles. The molecular weight excluding hydrogens is 256 g/mol. The number of aromatic nitrogens is 2. The maximum absolute atomic E-state index is 12.5. The Labute approximate surface area is 118 Å². The first-order valence-corrected chi connectivity index (χ1v) is 7.07. The van der Waals surface area contributed by atoms with Gasteiger partial charge in [-0.3, -0.25) is 10.1 Å². The highest BCUT2D eigenvalue weighted by Gasteiger charge is 2.57. The summed E-state index contributed by atoms with van der Waals surface area (Å²) >= 11 is 0. The number of amides is 1. The monoisotopic (exact) mass is 276 g/mol. The smallest absolute Gasteiger partial charge is 0.245 e. The van der Waals surface area contributed by atoms with Gasteiger partial charge in [0, 0.05) is 25.0 Å². The summed E-state index contributed by atoms with van der Waals surface area (Å²) in [6.07, 6.45) is 4.45. The Balaban J connectivity index is 1.80. The molecule has 2 saturated heterocycles. The summed E-state index contributed by atoms with van der Waals surface area (Å²) in [7, 11) is 0. The molecule has 108 valence electrons. The average molecular weight is 276 g/mol. The second-order valence-electron chi connectivity index (χ2n) is 5.89. The zero-order valence-corrected chi connectivity index (χ0v) is 11.8. The molecule has 20 heavy (non-hydrogen) atoms. The van der Waals surface area contributed by atoms with E-state index in [1.165, 1.54) is 0 Å². The van der Waals surface area contributed by atoms with Crippen molar-refractivity contribution in [3.05, 3.63) is 24.3 Å². The lowest BCUT2D eigenvalue weighted by molar-refractivity contribution is -0.160. The molecule has 4 atom stereocenters. The van der Waals surface area contributed by atoms with Crippen LogP contribution >= 0.6 is 0 Å². The number of carbonyl (C=O) groups is 1. The molecule has 2 N–H and O–H groups in total. The van der Waals surface area contributed by atoms with Gasteiger partial charge in [0.05, 0.1) is 6.10 Å². The Kier molecular flexibility index (Phi) is 3.22. The number of hydrogen-bond acceptors (Lipinski definition) is 5. The summed E-state index contributed by atoms with van der Waals surface area (Å²) in [6.45, 7) is 4.38. The van der Waals surface area contributed by atoms with Crippen LogP contribution in [0.2, 0.25) is 0 Å². The van der Waals surface area contributed by atoms with Crippen LogP contribution in [-0.4, -0.2) is 50.1 Å². The van der Waals surface area contributed by atoms with Crippen LogP contribution in [0.1, 0.15) is 38.6 Å². The molecule has 2 unspecified atom stereocenters. The molecule has 3 heterocycles. The maximum atomic E-state index is 12.5. The van der Waals surface area contributed by atoms with Crippen LogP contribution in [0.3, 0.4) is 0 Å². The molecule has 1 amide bonds. The summed E-state index contributed by atoms with van der Waals surface area (Å²) in [5.41, 5.74) is -0.415. The number of aliphatic hydroxyl groups excluding tert-OH is 1.